The number of epoxide rings is 1. The molecule has 198 valence electrons. The van der Waals surface area contributed by atoms with Crippen LogP contribution in [0.25, 0.3) is 0 Å². The second-order valence-electron chi connectivity index (χ2n) is 14.0. The summed E-state index contributed by atoms with van der Waals surface area (Å²) in [5.41, 5.74) is 0.387. The number of ether oxygens (including phenoxy) is 2. The third-order valence-electron chi connectivity index (χ3n) is 12.3. The Bertz CT molecular complexity index is 872. The van der Waals surface area contributed by atoms with E-state index in [0.29, 0.717) is 57.6 Å². The SMILES string of the molecule is CC(=O)O[C@H]1CC[C@@]2(C)[C@H](C1)C(=O)C[C@@H]1[C@@H]2CC[C@]2(C)[C@@H]([C@H](C)[C@H](Br)[C@@H]3O[C@]3(C)C(C)C)CC[C@@H]12. The lowest BCUT2D eigenvalue weighted by Crippen LogP contribution is -2.57. The monoisotopic (exact) mass is 550 g/mol. The van der Waals surface area contributed by atoms with E-state index >= 15 is 0 Å². The normalized spacial score (nSPS) is 50.7. The second kappa shape index (κ2) is 8.82. The molecule has 1 heterocycles. The van der Waals surface area contributed by atoms with Crippen molar-refractivity contribution in [3.05, 3.63) is 0 Å². The van der Waals surface area contributed by atoms with Crippen LogP contribution in [-0.2, 0) is 19.1 Å². The van der Waals surface area contributed by atoms with Gasteiger partial charge in [-0.1, -0.05) is 50.5 Å². The highest BCUT2D eigenvalue weighted by molar-refractivity contribution is 9.09. The molecule has 5 fully saturated rings. The van der Waals surface area contributed by atoms with Gasteiger partial charge in [-0.15, -0.1) is 0 Å². The summed E-state index contributed by atoms with van der Waals surface area (Å²) in [7, 11) is 0. The van der Waals surface area contributed by atoms with Crippen LogP contribution in [0.1, 0.15) is 99.8 Å². The molecule has 0 N–H and O–H groups in total. The summed E-state index contributed by atoms with van der Waals surface area (Å²) in [6.45, 7) is 15.7. The molecule has 0 amide bonds. The highest BCUT2D eigenvalue weighted by atomic mass is 79.9. The van der Waals surface area contributed by atoms with Gasteiger partial charge >= 0.3 is 5.97 Å². The van der Waals surface area contributed by atoms with E-state index in [9.17, 15) is 9.59 Å². The van der Waals surface area contributed by atoms with E-state index in [0.717, 1.165) is 25.7 Å². The van der Waals surface area contributed by atoms with Crippen molar-refractivity contribution in [1.82, 2.24) is 0 Å². The molecule has 4 saturated carbocycles. The average Bonchev–Trinajstić information content (AvgIpc) is 3.36. The predicted molar refractivity (Wildman–Crippen MR) is 141 cm³/mol. The summed E-state index contributed by atoms with van der Waals surface area (Å²) in [6, 6.07) is 0. The summed E-state index contributed by atoms with van der Waals surface area (Å²) in [6.07, 6.45) is 8.71. The number of Topliss-reactive ketones (excluding diaryl/α,β-unsaturated/α-hetero) is 1. The number of carbonyl (C=O) groups excluding carboxylic acids is 2. The minimum atomic E-state index is -0.213. The van der Waals surface area contributed by atoms with Crippen LogP contribution in [0.4, 0.5) is 0 Å². The van der Waals surface area contributed by atoms with Gasteiger partial charge in [0.1, 0.15) is 18.0 Å². The van der Waals surface area contributed by atoms with Crippen LogP contribution >= 0.6 is 15.9 Å². The Kier molecular flexibility index (Phi) is 6.60. The Hall–Kier alpha value is -0.420. The lowest BCUT2D eigenvalue weighted by atomic mass is 9.44. The molecular weight excluding hydrogens is 504 g/mol. The molecule has 0 aromatic rings. The van der Waals surface area contributed by atoms with Crippen molar-refractivity contribution in [1.29, 1.82) is 0 Å². The third-order valence-corrected chi connectivity index (χ3v) is 13.6. The van der Waals surface area contributed by atoms with E-state index in [2.05, 4.69) is 57.5 Å². The van der Waals surface area contributed by atoms with Crippen LogP contribution in [0, 0.1) is 52.3 Å². The Balaban J connectivity index is 1.32. The van der Waals surface area contributed by atoms with Crippen molar-refractivity contribution in [2.45, 2.75) is 122 Å². The van der Waals surface area contributed by atoms with Crippen molar-refractivity contribution in [2.24, 2.45) is 52.3 Å². The average molecular weight is 552 g/mol. The molecule has 0 spiro atoms. The van der Waals surface area contributed by atoms with Crippen molar-refractivity contribution in [3.8, 4) is 0 Å². The fourth-order valence-corrected chi connectivity index (χ4v) is 10.8. The van der Waals surface area contributed by atoms with E-state index in [4.69, 9.17) is 9.47 Å². The molecule has 0 unspecified atom stereocenters. The summed E-state index contributed by atoms with van der Waals surface area (Å²) >= 11 is 4.10. The molecule has 12 atom stereocenters. The van der Waals surface area contributed by atoms with Crippen LogP contribution < -0.4 is 0 Å². The number of carbonyl (C=O) groups is 2. The maximum Gasteiger partial charge on any atom is 0.302 e. The van der Waals surface area contributed by atoms with Gasteiger partial charge in [0, 0.05) is 24.1 Å². The van der Waals surface area contributed by atoms with Gasteiger partial charge in [0.25, 0.3) is 0 Å². The zero-order valence-electron chi connectivity index (χ0n) is 22.9. The van der Waals surface area contributed by atoms with Crippen molar-refractivity contribution >= 4 is 27.7 Å². The fourth-order valence-electron chi connectivity index (χ4n) is 9.83. The Morgan fingerprint density at radius 1 is 1.03 bits per heavy atom. The molecule has 5 heteroatoms. The minimum absolute atomic E-state index is 0.00331. The standard InChI is InChI=1S/C30H47BrO4/c1-16(2)30(7)27(35-30)26(31)17(3)21-8-9-22-20-15-25(33)24-14-19(34-18(4)32)10-12-29(24,6)23(20)11-13-28(21,22)5/h16-17,19-24,26-27H,8-15H2,1-7H3/t17-,19-,20-,21+,22-,23-,24+,26-,27-,28+,29+,30+/m0/s1. The molecule has 5 rings (SSSR count). The van der Waals surface area contributed by atoms with Crippen molar-refractivity contribution in [3.63, 3.8) is 0 Å². The van der Waals surface area contributed by atoms with Crippen molar-refractivity contribution < 1.29 is 19.1 Å². The van der Waals surface area contributed by atoms with Gasteiger partial charge in [0.05, 0.1) is 5.60 Å². The Labute approximate surface area is 221 Å². The molecule has 4 nitrogen and oxygen atoms in total. The number of fused-ring (bicyclic) bond motifs is 5. The molecule has 0 radical (unpaired) electrons. The van der Waals surface area contributed by atoms with Crippen LogP contribution in [0.5, 0.6) is 0 Å². The van der Waals surface area contributed by atoms with Gasteiger partial charge in [-0.25, -0.2) is 0 Å². The molecule has 5 aliphatic rings. The zero-order valence-corrected chi connectivity index (χ0v) is 24.5. The van der Waals surface area contributed by atoms with E-state index in [1.54, 1.807) is 0 Å². The van der Waals surface area contributed by atoms with E-state index < -0.39 is 0 Å². The third kappa shape index (κ3) is 3.99. The molecule has 4 aliphatic carbocycles. The highest BCUT2D eigenvalue weighted by Gasteiger charge is 2.65. The maximum absolute atomic E-state index is 13.6. The summed E-state index contributed by atoms with van der Waals surface area (Å²) < 4.78 is 11.8. The molecule has 1 aliphatic heterocycles. The smallest absolute Gasteiger partial charge is 0.302 e. The first-order chi connectivity index (χ1) is 16.3. The second-order valence-corrected chi connectivity index (χ2v) is 15.1. The van der Waals surface area contributed by atoms with Gasteiger partial charge in [-0.05, 0) is 98.2 Å². The lowest BCUT2D eigenvalue weighted by Gasteiger charge is -2.60. The first kappa shape index (κ1) is 26.2. The van der Waals surface area contributed by atoms with Gasteiger partial charge in [-0.3, -0.25) is 9.59 Å². The number of hydrogen-bond donors (Lipinski definition) is 0. The van der Waals surface area contributed by atoms with Gasteiger partial charge in [-0.2, -0.15) is 0 Å². The number of esters is 1. The van der Waals surface area contributed by atoms with Crippen LogP contribution in [0.2, 0.25) is 0 Å². The minimum Gasteiger partial charge on any atom is -0.463 e. The zero-order chi connectivity index (χ0) is 25.5. The lowest BCUT2D eigenvalue weighted by molar-refractivity contribution is -0.169. The van der Waals surface area contributed by atoms with Gasteiger partial charge in [0.15, 0.2) is 0 Å². The molecule has 0 bridgehead atoms. The first-order valence-corrected chi connectivity index (χ1v) is 15.3. The predicted octanol–water partition coefficient (Wildman–Crippen LogP) is 6.97. The fraction of sp³-hybridized carbons (Fsp3) is 0.933. The molecular formula is C30H47BrO4. The van der Waals surface area contributed by atoms with Crippen LogP contribution in [0.3, 0.4) is 0 Å². The summed E-state index contributed by atoms with van der Waals surface area (Å²) in [5.74, 6) is 3.88. The molecule has 1 saturated heterocycles. The summed E-state index contributed by atoms with van der Waals surface area (Å²) in [4.78, 5) is 25.5. The highest BCUT2D eigenvalue weighted by Crippen LogP contribution is 2.68. The quantitative estimate of drug-likeness (QED) is 0.210. The Morgan fingerprint density at radius 3 is 2.31 bits per heavy atom. The van der Waals surface area contributed by atoms with Crippen LogP contribution in [-0.4, -0.2) is 34.4 Å². The number of rotatable bonds is 5. The molecule has 0 aromatic heterocycles. The number of halogens is 1. The summed E-state index contributed by atoms with van der Waals surface area (Å²) in [5, 5.41) is 0. The molecule has 0 aromatic carbocycles. The number of hydrogen-bond acceptors (Lipinski definition) is 4. The van der Waals surface area contributed by atoms with Crippen LogP contribution in [0.15, 0.2) is 0 Å². The number of ketones is 1. The number of alkyl halides is 1. The van der Waals surface area contributed by atoms with Crippen molar-refractivity contribution in [2.75, 3.05) is 0 Å². The Morgan fingerprint density at radius 2 is 1.69 bits per heavy atom. The molecule has 35 heavy (non-hydrogen) atoms. The maximum atomic E-state index is 13.6. The first-order valence-electron chi connectivity index (χ1n) is 14.3. The van der Waals surface area contributed by atoms with E-state index in [1.807, 2.05) is 0 Å². The van der Waals surface area contributed by atoms with Gasteiger partial charge < -0.3 is 9.47 Å². The largest absolute Gasteiger partial charge is 0.463 e. The van der Waals surface area contributed by atoms with E-state index in [1.165, 1.54) is 32.6 Å². The topological polar surface area (TPSA) is 55.9 Å². The van der Waals surface area contributed by atoms with E-state index in [-0.39, 0.29) is 29.0 Å². The van der Waals surface area contributed by atoms with Gasteiger partial charge in [0.2, 0.25) is 0 Å².